The Hall–Kier alpha value is -1.06. The Morgan fingerprint density at radius 3 is 2.31 bits per heavy atom. The van der Waals surface area contributed by atoms with Crippen LogP contribution in [0.3, 0.4) is 0 Å². The van der Waals surface area contributed by atoms with Crippen LogP contribution in [-0.4, -0.2) is 36.9 Å². The summed E-state index contributed by atoms with van der Waals surface area (Å²) in [5.74, 6) is 1.25. The van der Waals surface area contributed by atoms with Gasteiger partial charge in [0.15, 0.2) is 0 Å². The van der Waals surface area contributed by atoms with Crippen LogP contribution in [-0.2, 0) is 9.59 Å². The highest BCUT2D eigenvalue weighted by atomic mass is 16.2. The first-order valence-corrected chi connectivity index (χ1v) is 6.20. The van der Waals surface area contributed by atoms with Gasteiger partial charge in [0, 0.05) is 32.5 Å². The number of likely N-dealkylation sites (tertiary alicyclic amines) is 1. The molecule has 1 N–H and O–H groups in total. The van der Waals surface area contributed by atoms with Crippen molar-refractivity contribution in [3.8, 4) is 0 Å². The Labute approximate surface area is 96.4 Å². The number of carbonyl (C=O) groups excluding carboxylic acids is 2. The lowest BCUT2D eigenvalue weighted by atomic mass is 9.93. The van der Waals surface area contributed by atoms with Gasteiger partial charge >= 0.3 is 0 Å². The molecular weight excluding hydrogens is 204 g/mol. The van der Waals surface area contributed by atoms with Crippen molar-refractivity contribution in [2.24, 2.45) is 11.8 Å². The van der Waals surface area contributed by atoms with Crippen LogP contribution in [0.25, 0.3) is 0 Å². The summed E-state index contributed by atoms with van der Waals surface area (Å²) in [7, 11) is 1.67. The summed E-state index contributed by atoms with van der Waals surface area (Å²) in [6.45, 7) is 1.69. The molecule has 0 bridgehead atoms. The van der Waals surface area contributed by atoms with Crippen LogP contribution in [0, 0.1) is 11.8 Å². The fourth-order valence-corrected chi connectivity index (χ4v) is 2.31. The van der Waals surface area contributed by atoms with E-state index in [0.717, 1.165) is 38.8 Å². The van der Waals surface area contributed by atoms with Crippen molar-refractivity contribution in [3.63, 3.8) is 0 Å². The van der Waals surface area contributed by atoms with E-state index in [4.69, 9.17) is 0 Å². The Morgan fingerprint density at radius 1 is 1.19 bits per heavy atom. The standard InChI is InChI=1S/C12H20N2O2/c1-13-11(15)8-9-4-6-14(7-5-9)12(16)10-2-3-10/h9-10H,2-8H2,1H3,(H,13,15). The van der Waals surface area contributed by atoms with Crippen LogP contribution in [0.5, 0.6) is 0 Å². The van der Waals surface area contributed by atoms with Crippen LogP contribution in [0.2, 0.25) is 0 Å². The second kappa shape index (κ2) is 4.85. The smallest absolute Gasteiger partial charge is 0.225 e. The molecule has 1 saturated heterocycles. The molecule has 4 heteroatoms. The van der Waals surface area contributed by atoms with Gasteiger partial charge in [-0.3, -0.25) is 9.59 Å². The minimum absolute atomic E-state index is 0.118. The third kappa shape index (κ3) is 2.74. The maximum Gasteiger partial charge on any atom is 0.225 e. The van der Waals surface area contributed by atoms with Crippen molar-refractivity contribution < 1.29 is 9.59 Å². The lowest BCUT2D eigenvalue weighted by molar-refractivity contribution is -0.134. The summed E-state index contributed by atoms with van der Waals surface area (Å²) in [5, 5.41) is 2.65. The van der Waals surface area contributed by atoms with E-state index in [1.807, 2.05) is 4.90 Å². The molecule has 0 aromatic rings. The summed E-state index contributed by atoms with van der Waals surface area (Å²) in [5.41, 5.74) is 0. The molecule has 0 spiro atoms. The van der Waals surface area contributed by atoms with Crippen LogP contribution in [0.15, 0.2) is 0 Å². The van der Waals surface area contributed by atoms with E-state index < -0.39 is 0 Å². The maximum atomic E-state index is 11.8. The number of rotatable bonds is 3. The van der Waals surface area contributed by atoms with Crippen molar-refractivity contribution in [2.45, 2.75) is 32.1 Å². The van der Waals surface area contributed by atoms with Crippen molar-refractivity contribution >= 4 is 11.8 Å². The van der Waals surface area contributed by atoms with Gasteiger partial charge in [-0.05, 0) is 31.6 Å². The van der Waals surface area contributed by atoms with Crippen LogP contribution < -0.4 is 5.32 Å². The maximum absolute atomic E-state index is 11.8. The molecule has 0 radical (unpaired) electrons. The predicted molar refractivity (Wildman–Crippen MR) is 60.7 cm³/mol. The number of hydrogen-bond donors (Lipinski definition) is 1. The van der Waals surface area contributed by atoms with E-state index in [0.29, 0.717) is 24.2 Å². The van der Waals surface area contributed by atoms with Gasteiger partial charge < -0.3 is 10.2 Å². The molecule has 0 aromatic heterocycles. The van der Waals surface area contributed by atoms with Crippen molar-refractivity contribution in [3.05, 3.63) is 0 Å². The minimum atomic E-state index is 0.118. The fourth-order valence-electron chi connectivity index (χ4n) is 2.31. The van der Waals surface area contributed by atoms with Crippen molar-refractivity contribution in [1.29, 1.82) is 0 Å². The topological polar surface area (TPSA) is 49.4 Å². The van der Waals surface area contributed by atoms with E-state index in [1.165, 1.54) is 0 Å². The van der Waals surface area contributed by atoms with Gasteiger partial charge in [0.1, 0.15) is 0 Å². The minimum Gasteiger partial charge on any atom is -0.359 e. The van der Waals surface area contributed by atoms with Crippen molar-refractivity contribution in [1.82, 2.24) is 10.2 Å². The number of amides is 2. The van der Waals surface area contributed by atoms with Gasteiger partial charge in [0.25, 0.3) is 0 Å². The van der Waals surface area contributed by atoms with E-state index in [1.54, 1.807) is 7.05 Å². The summed E-state index contributed by atoms with van der Waals surface area (Å²) in [4.78, 5) is 25.0. The molecule has 1 saturated carbocycles. The first-order valence-electron chi connectivity index (χ1n) is 6.20. The number of carbonyl (C=O) groups is 2. The Balaban J connectivity index is 1.73. The largest absolute Gasteiger partial charge is 0.359 e. The SMILES string of the molecule is CNC(=O)CC1CCN(C(=O)C2CC2)CC1. The molecule has 2 rings (SSSR count). The number of nitrogens with one attached hydrogen (secondary N) is 1. The second-order valence-electron chi connectivity index (χ2n) is 4.92. The van der Waals surface area contributed by atoms with Crippen LogP contribution in [0.4, 0.5) is 0 Å². The summed E-state index contributed by atoms with van der Waals surface area (Å²) in [6, 6.07) is 0. The Kier molecular flexibility index (Phi) is 3.46. The van der Waals surface area contributed by atoms with E-state index in [-0.39, 0.29) is 5.91 Å². The average molecular weight is 224 g/mol. The predicted octanol–water partition coefficient (Wildman–Crippen LogP) is 0.771. The van der Waals surface area contributed by atoms with Crippen molar-refractivity contribution in [2.75, 3.05) is 20.1 Å². The zero-order valence-corrected chi connectivity index (χ0v) is 9.87. The molecule has 0 aromatic carbocycles. The summed E-state index contributed by atoms with van der Waals surface area (Å²) in [6.07, 6.45) is 4.73. The zero-order chi connectivity index (χ0) is 11.5. The zero-order valence-electron chi connectivity index (χ0n) is 9.87. The third-order valence-electron chi connectivity index (χ3n) is 3.61. The number of nitrogens with zero attached hydrogens (tertiary/aromatic N) is 1. The van der Waals surface area contributed by atoms with E-state index in [2.05, 4.69) is 5.32 Å². The van der Waals surface area contributed by atoms with Crippen LogP contribution in [0.1, 0.15) is 32.1 Å². The molecule has 16 heavy (non-hydrogen) atoms. The van der Waals surface area contributed by atoms with Gasteiger partial charge in [-0.15, -0.1) is 0 Å². The van der Waals surface area contributed by atoms with Gasteiger partial charge in [0.05, 0.1) is 0 Å². The number of hydrogen-bond acceptors (Lipinski definition) is 2. The molecule has 0 unspecified atom stereocenters. The summed E-state index contributed by atoms with van der Waals surface area (Å²) < 4.78 is 0. The molecule has 1 aliphatic heterocycles. The highest BCUT2D eigenvalue weighted by Crippen LogP contribution is 2.32. The monoisotopic (exact) mass is 224 g/mol. The molecule has 1 heterocycles. The highest BCUT2D eigenvalue weighted by Gasteiger charge is 2.34. The Morgan fingerprint density at radius 2 is 1.81 bits per heavy atom. The second-order valence-corrected chi connectivity index (χ2v) is 4.92. The molecule has 90 valence electrons. The van der Waals surface area contributed by atoms with E-state index >= 15 is 0 Å². The average Bonchev–Trinajstić information content (AvgIpc) is 3.13. The summed E-state index contributed by atoms with van der Waals surface area (Å²) >= 11 is 0. The van der Waals surface area contributed by atoms with Gasteiger partial charge in [-0.2, -0.15) is 0 Å². The molecule has 2 amide bonds. The Bertz CT molecular complexity index is 279. The molecule has 4 nitrogen and oxygen atoms in total. The molecule has 2 aliphatic rings. The van der Waals surface area contributed by atoms with Gasteiger partial charge in [-0.1, -0.05) is 0 Å². The normalized spacial score (nSPS) is 21.9. The van der Waals surface area contributed by atoms with Gasteiger partial charge in [0.2, 0.25) is 11.8 Å². The first kappa shape index (κ1) is 11.4. The first-order chi connectivity index (χ1) is 7.70. The third-order valence-corrected chi connectivity index (χ3v) is 3.61. The quantitative estimate of drug-likeness (QED) is 0.770. The molecular formula is C12H20N2O2. The lowest BCUT2D eigenvalue weighted by Crippen LogP contribution is -2.40. The van der Waals surface area contributed by atoms with Crippen LogP contribution >= 0.6 is 0 Å². The van der Waals surface area contributed by atoms with Gasteiger partial charge in [-0.25, -0.2) is 0 Å². The fraction of sp³-hybridized carbons (Fsp3) is 0.833. The molecule has 1 aliphatic carbocycles. The molecule has 2 fully saturated rings. The number of piperidine rings is 1. The highest BCUT2D eigenvalue weighted by molar-refractivity contribution is 5.81. The lowest BCUT2D eigenvalue weighted by Gasteiger charge is -2.31. The van der Waals surface area contributed by atoms with E-state index in [9.17, 15) is 9.59 Å². The molecule has 0 atom stereocenters.